The molecular formula is C8H17NO4S. The number of ether oxygens (including phenoxy) is 1. The molecule has 0 bridgehead atoms. The van der Waals surface area contributed by atoms with Gasteiger partial charge in [0.25, 0.3) is 0 Å². The first-order valence-electron chi connectivity index (χ1n) is 4.68. The molecule has 0 atom stereocenters. The molecule has 1 N–H and O–H groups in total. The molecule has 0 aromatic heterocycles. The lowest BCUT2D eigenvalue weighted by Crippen LogP contribution is -2.40. The third kappa shape index (κ3) is 2.95. The summed E-state index contributed by atoms with van der Waals surface area (Å²) in [5, 5.41) is -0.480. The molecule has 6 heteroatoms. The minimum absolute atomic E-state index is 0. The molecule has 0 unspecified atom stereocenters. The van der Waals surface area contributed by atoms with Gasteiger partial charge in [-0.1, -0.05) is 6.92 Å². The van der Waals surface area contributed by atoms with Gasteiger partial charge in [0.15, 0.2) is 0 Å². The quantitative estimate of drug-likeness (QED) is 0.745. The molecule has 1 fully saturated rings. The summed E-state index contributed by atoms with van der Waals surface area (Å²) in [6.07, 6.45) is 1.11. The number of rotatable bonds is 3. The summed E-state index contributed by atoms with van der Waals surface area (Å²) < 4.78 is 30.2. The van der Waals surface area contributed by atoms with Crippen LogP contribution >= 0.6 is 0 Å². The fraction of sp³-hybridized carbons (Fsp3) is 0.875. The Labute approximate surface area is 85.4 Å². The summed E-state index contributed by atoms with van der Waals surface area (Å²) >= 11 is 0. The van der Waals surface area contributed by atoms with Gasteiger partial charge in [0.05, 0.1) is 5.25 Å². The highest BCUT2D eigenvalue weighted by Crippen LogP contribution is 2.14. The summed E-state index contributed by atoms with van der Waals surface area (Å²) in [6, 6.07) is 0. The fourth-order valence-electron chi connectivity index (χ4n) is 1.30. The maximum Gasteiger partial charge on any atom is 0.237 e. The second kappa shape index (κ2) is 4.75. The van der Waals surface area contributed by atoms with Crippen LogP contribution in [0, 0.1) is 0 Å². The topological polar surface area (TPSA) is 72.5 Å². The highest BCUT2D eigenvalue weighted by Gasteiger charge is 2.28. The van der Waals surface area contributed by atoms with Crippen molar-refractivity contribution in [1.29, 1.82) is 0 Å². The highest BCUT2D eigenvalue weighted by atomic mass is 32.2. The number of carbonyl (C=O) groups excluding carboxylic acids is 1. The monoisotopic (exact) mass is 223 g/mol. The van der Waals surface area contributed by atoms with E-state index in [1.54, 1.807) is 6.92 Å². The Morgan fingerprint density at radius 2 is 2.07 bits per heavy atom. The molecule has 1 amide bonds. The van der Waals surface area contributed by atoms with Gasteiger partial charge in [-0.15, -0.1) is 0 Å². The van der Waals surface area contributed by atoms with Crippen LogP contribution in [0.3, 0.4) is 0 Å². The Hall–Kier alpha value is -0.620. The zero-order valence-corrected chi connectivity index (χ0v) is 8.97. The fourth-order valence-corrected chi connectivity index (χ4v) is 2.74. The van der Waals surface area contributed by atoms with Crippen molar-refractivity contribution in [3.63, 3.8) is 0 Å². The molecule has 0 spiro atoms. The van der Waals surface area contributed by atoms with E-state index in [2.05, 4.69) is 4.72 Å². The molecule has 0 aromatic carbocycles. The lowest BCUT2D eigenvalue weighted by Gasteiger charge is -2.21. The zero-order valence-electron chi connectivity index (χ0n) is 8.15. The molecule has 0 radical (unpaired) electrons. The van der Waals surface area contributed by atoms with Crippen LogP contribution in [0.15, 0.2) is 0 Å². The molecule has 1 aliphatic rings. The predicted octanol–water partition coefficient (Wildman–Crippen LogP) is 0.267. The summed E-state index contributed by atoms with van der Waals surface area (Å²) in [5.41, 5.74) is 0. The van der Waals surface area contributed by atoms with Gasteiger partial charge in [-0.2, -0.15) is 0 Å². The van der Waals surface area contributed by atoms with Crippen LogP contribution in [0.1, 0.15) is 27.6 Å². The summed E-state index contributed by atoms with van der Waals surface area (Å²) in [6.45, 7) is 2.52. The van der Waals surface area contributed by atoms with E-state index in [9.17, 15) is 13.2 Å². The van der Waals surface area contributed by atoms with Gasteiger partial charge in [-0.25, -0.2) is 8.42 Å². The van der Waals surface area contributed by atoms with Crippen LogP contribution in [-0.4, -0.2) is 32.8 Å². The molecule has 1 heterocycles. The Morgan fingerprint density at radius 3 is 2.57 bits per heavy atom. The molecular weight excluding hydrogens is 206 g/mol. The lowest BCUT2D eigenvalue weighted by atomic mass is 10.2. The van der Waals surface area contributed by atoms with Gasteiger partial charge >= 0.3 is 0 Å². The molecule has 1 rings (SSSR count). The van der Waals surface area contributed by atoms with Crippen molar-refractivity contribution in [2.24, 2.45) is 0 Å². The summed E-state index contributed by atoms with van der Waals surface area (Å²) in [4.78, 5) is 10.9. The minimum Gasteiger partial charge on any atom is -0.381 e. The third-order valence-electron chi connectivity index (χ3n) is 2.18. The molecule has 14 heavy (non-hydrogen) atoms. The normalized spacial score (nSPS) is 19.2. The van der Waals surface area contributed by atoms with Crippen LogP contribution in [0.25, 0.3) is 0 Å². The van der Waals surface area contributed by atoms with E-state index in [4.69, 9.17) is 4.74 Å². The number of amides is 1. The van der Waals surface area contributed by atoms with E-state index < -0.39 is 21.2 Å². The van der Waals surface area contributed by atoms with E-state index >= 15 is 0 Å². The highest BCUT2D eigenvalue weighted by molar-refractivity contribution is 7.90. The Bertz CT molecular complexity index is 298. The van der Waals surface area contributed by atoms with Crippen molar-refractivity contribution in [2.45, 2.75) is 31.4 Å². The van der Waals surface area contributed by atoms with Gasteiger partial charge < -0.3 is 4.74 Å². The van der Waals surface area contributed by atoms with E-state index in [1.165, 1.54) is 0 Å². The van der Waals surface area contributed by atoms with Crippen molar-refractivity contribution in [2.75, 3.05) is 13.2 Å². The SMILES string of the molecule is CCC(=O)NS(=O)(=O)C1CCOCC1.[HH]. The predicted molar refractivity (Wildman–Crippen MR) is 53.3 cm³/mol. The van der Waals surface area contributed by atoms with Crippen molar-refractivity contribution < 1.29 is 19.4 Å². The van der Waals surface area contributed by atoms with Crippen LogP contribution < -0.4 is 4.72 Å². The molecule has 1 aliphatic heterocycles. The van der Waals surface area contributed by atoms with E-state index in [1.807, 2.05) is 0 Å². The van der Waals surface area contributed by atoms with E-state index in [-0.39, 0.29) is 7.85 Å². The maximum absolute atomic E-state index is 11.6. The molecule has 0 saturated carbocycles. The van der Waals surface area contributed by atoms with Crippen LogP contribution in [0.4, 0.5) is 0 Å². The second-order valence-electron chi connectivity index (χ2n) is 3.24. The minimum atomic E-state index is -3.47. The number of hydrogen-bond acceptors (Lipinski definition) is 4. The van der Waals surface area contributed by atoms with Gasteiger partial charge in [0.1, 0.15) is 0 Å². The molecule has 0 aliphatic carbocycles. The third-order valence-corrected chi connectivity index (χ3v) is 4.05. The van der Waals surface area contributed by atoms with E-state index in [0.717, 1.165) is 0 Å². The number of sulfonamides is 1. The smallest absolute Gasteiger partial charge is 0.237 e. The summed E-state index contributed by atoms with van der Waals surface area (Å²) in [7, 11) is -3.47. The molecule has 84 valence electrons. The van der Waals surface area contributed by atoms with E-state index in [0.29, 0.717) is 26.1 Å². The molecule has 0 aromatic rings. The van der Waals surface area contributed by atoms with Crippen molar-refractivity contribution in [3.8, 4) is 0 Å². The molecule has 5 nitrogen and oxygen atoms in total. The van der Waals surface area contributed by atoms with Crippen LogP contribution in [-0.2, 0) is 19.6 Å². The first-order valence-corrected chi connectivity index (χ1v) is 6.23. The van der Waals surface area contributed by atoms with Crippen molar-refractivity contribution >= 4 is 15.9 Å². The standard InChI is InChI=1S/C8H15NO4S.H2/c1-2-8(10)9-14(11,12)7-3-5-13-6-4-7;/h7H,2-6H2,1H3,(H,9,10);1H. The number of nitrogens with one attached hydrogen (secondary N) is 1. The number of carbonyl (C=O) groups is 1. The molecule has 1 saturated heterocycles. The zero-order chi connectivity index (χ0) is 10.6. The van der Waals surface area contributed by atoms with Crippen LogP contribution in [0.2, 0.25) is 0 Å². The van der Waals surface area contributed by atoms with Crippen molar-refractivity contribution in [3.05, 3.63) is 0 Å². The Kier molecular flexibility index (Phi) is 3.88. The van der Waals surface area contributed by atoms with Gasteiger partial charge in [0.2, 0.25) is 15.9 Å². The summed E-state index contributed by atoms with van der Waals surface area (Å²) in [5.74, 6) is -0.448. The van der Waals surface area contributed by atoms with Crippen LogP contribution in [0.5, 0.6) is 0 Å². The van der Waals surface area contributed by atoms with Gasteiger partial charge in [0, 0.05) is 21.1 Å². The first kappa shape index (κ1) is 11.5. The Balaban J connectivity index is 0.00000196. The lowest BCUT2D eigenvalue weighted by molar-refractivity contribution is -0.119. The maximum atomic E-state index is 11.6. The second-order valence-corrected chi connectivity index (χ2v) is 5.20. The number of hydrogen-bond donors (Lipinski definition) is 1. The largest absolute Gasteiger partial charge is 0.381 e. The van der Waals surface area contributed by atoms with Gasteiger partial charge in [-0.05, 0) is 12.8 Å². The first-order chi connectivity index (χ1) is 6.56. The van der Waals surface area contributed by atoms with Crippen molar-refractivity contribution in [1.82, 2.24) is 4.72 Å². The van der Waals surface area contributed by atoms with Gasteiger partial charge in [-0.3, -0.25) is 9.52 Å². The Morgan fingerprint density at radius 1 is 1.50 bits per heavy atom. The average molecular weight is 223 g/mol. The average Bonchev–Trinajstić information content (AvgIpc) is 2.18.